The van der Waals surface area contributed by atoms with Crippen LogP contribution in [-0.4, -0.2) is 72.3 Å². The van der Waals surface area contributed by atoms with Gasteiger partial charge in [0, 0.05) is 43.7 Å². The molecule has 0 aliphatic carbocycles. The SMILES string of the molecule is COc1cccc2[nH]c(C(=O)N(C)C(CC(C)C)C(=O)N3C[C@]4(C[C@H]3C#N)C(=O)N(C)c3ccccc34)cc12. The highest BCUT2D eigenvalue weighted by atomic mass is 16.5. The molecule has 9 heteroatoms. The Kier molecular flexibility index (Phi) is 6.59. The van der Waals surface area contributed by atoms with E-state index < -0.39 is 17.5 Å². The lowest BCUT2D eigenvalue weighted by molar-refractivity contribution is -0.136. The van der Waals surface area contributed by atoms with Crippen LogP contribution < -0.4 is 9.64 Å². The smallest absolute Gasteiger partial charge is 0.270 e. The summed E-state index contributed by atoms with van der Waals surface area (Å²) < 4.78 is 5.43. The largest absolute Gasteiger partial charge is 0.496 e. The van der Waals surface area contributed by atoms with Gasteiger partial charge >= 0.3 is 0 Å². The molecular formula is C30H33N5O4. The standard InChI is InChI=1S/C30H33N5O4/c1-18(2)13-25(33(3)27(36)23-14-20-22(32-23)10-8-12-26(20)39-5)28(37)35-17-30(15-19(35)16-31)21-9-6-7-11-24(21)34(4)29(30)38/h6-12,14,18-19,25,32H,13,15,17H2,1-5H3/t19-,25?,30-/m0/s1. The van der Waals surface area contributed by atoms with Gasteiger partial charge < -0.3 is 24.4 Å². The Balaban J connectivity index is 1.47. The lowest BCUT2D eigenvalue weighted by Crippen LogP contribution is -2.52. The molecule has 0 saturated carbocycles. The van der Waals surface area contributed by atoms with E-state index in [1.54, 1.807) is 32.2 Å². The fourth-order valence-corrected chi connectivity index (χ4v) is 6.13. The Hall–Kier alpha value is -4.32. The van der Waals surface area contributed by atoms with Crippen LogP contribution in [0, 0.1) is 17.2 Å². The minimum atomic E-state index is -0.972. The minimum absolute atomic E-state index is 0.102. The second-order valence-corrected chi connectivity index (χ2v) is 10.9. The van der Waals surface area contributed by atoms with Crippen molar-refractivity contribution in [1.29, 1.82) is 5.26 Å². The lowest BCUT2D eigenvalue weighted by Gasteiger charge is -2.33. The number of ether oxygens (including phenoxy) is 1. The van der Waals surface area contributed by atoms with Gasteiger partial charge in [0.25, 0.3) is 5.91 Å². The molecular weight excluding hydrogens is 494 g/mol. The number of likely N-dealkylation sites (tertiary alicyclic amines) is 1. The van der Waals surface area contributed by atoms with Crippen molar-refractivity contribution in [2.75, 3.05) is 32.6 Å². The van der Waals surface area contributed by atoms with Gasteiger partial charge in [0.1, 0.15) is 23.5 Å². The summed E-state index contributed by atoms with van der Waals surface area (Å²) >= 11 is 0. The van der Waals surface area contributed by atoms with Crippen LogP contribution >= 0.6 is 0 Å². The van der Waals surface area contributed by atoms with E-state index in [9.17, 15) is 19.6 Å². The molecule has 0 radical (unpaired) electrons. The maximum absolute atomic E-state index is 14.2. The first-order chi connectivity index (χ1) is 18.6. The number of amides is 3. The molecule has 0 bridgehead atoms. The predicted octanol–water partition coefficient (Wildman–Crippen LogP) is 3.70. The van der Waals surface area contributed by atoms with E-state index in [4.69, 9.17) is 4.74 Å². The quantitative estimate of drug-likeness (QED) is 0.526. The zero-order chi connectivity index (χ0) is 28.1. The zero-order valence-corrected chi connectivity index (χ0v) is 22.9. The van der Waals surface area contributed by atoms with Gasteiger partial charge in [0.15, 0.2) is 0 Å². The van der Waals surface area contributed by atoms with E-state index in [0.29, 0.717) is 17.9 Å². The average molecular weight is 528 g/mol. The number of anilines is 1. The number of likely N-dealkylation sites (N-methyl/N-ethyl adjacent to an activating group) is 2. The number of methoxy groups -OCH3 is 1. The highest BCUT2D eigenvalue weighted by molar-refractivity contribution is 6.09. The molecule has 1 spiro atoms. The van der Waals surface area contributed by atoms with E-state index in [0.717, 1.165) is 22.2 Å². The normalized spacial score (nSPS) is 20.9. The van der Waals surface area contributed by atoms with Crippen molar-refractivity contribution in [2.45, 2.75) is 44.2 Å². The van der Waals surface area contributed by atoms with Crippen LogP contribution in [0.3, 0.4) is 0 Å². The number of aromatic amines is 1. The summed E-state index contributed by atoms with van der Waals surface area (Å²) in [5, 5.41) is 10.9. The van der Waals surface area contributed by atoms with E-state index in [-0.39, 0.29) is 36.6 Å². The van der Waals surface area contributed by atoms with Crippen LogP contribution in [0.25, 0.3) is 10.9 Å². The van der Waals surface area contributed by atoms with Gasteiger partial charge in [-0.1, -0.05) is 38.1 Å². The summed E-state index contributed by atoms with van der Waals surface area (Å²) in [7, 11) is 4.92. The van der Waals surface area contributed by atoms with Gasteiger partial charge in [-0.25, -0.2) is 0 Å². The number of fused-ring (bicyclic) bond motifs is 3. The van der Waals surface area contributed by atoms with Crippen LogP contribution in [0.1, 0.15) is 42.7 Å². The van der Waals surface area contributed by atoms with E-state index in [1.165, 1.54) is 9.80 Å². The molecule has 5 rings (SSSR count). The van der Waals surface area contributed by atoms with Gasteiger partial charge in [0.2, 0.25) is 11.8 Å². The fraction of sp³-hybridized carbons (Fsp3) is 0.400. The van der Waals surface area contributed by atoms with Crippen molar-refractivity contribution in [3.05, 3.63) is 59.8 Å². The molecule has 202 valence electrons. The molecule has 3 heterocycles. The fourth-order valence-electron chi connectivity index (χ4n) is 6.13. The van der Waals surface area contributed by atoms with Crippen molar-refractivity contribution >= 4 is 34.3 Å². The van der Waals surface area contributed by atoms with Gasteiger partial charge in [0.05, 0.1) is 18.6 Å². The number of benzene rings is 2. The number of aromatic nitrogens is 1. The van der Waals surface area contributed by atoms with Crippen LogP contribution in [0.4, 0.5) is 5.69 Å². The molecule has 1 saturated heterocycles. The Morgan fingerprint density at radius 1 is 1.23 bits per heavy atom. The van der Waals surface area contributed by atoms with Crippen LogP contribution in [0.5, 0.6) is 5.75 Å². The lowest BCUT2D eigenvalue weighted by atomic mass is 9.79. The summed E-state index contributed by atoms with van der Waals surface area (Å²) in [6, 6.07) is 15.5. The molecule has 1 aromatic heterocycles. The van der Waals surface area contributed by atoms with E-state index in [2.05, 4.69) is 11.1 Å². The van der Waals surface area contributed by atoms with E-state index in [1.807, 2.05) is 56.3 Å². The highest BCUT2D eigenvalue weighted by Gasteiger charge is 2.58. The third kappa shape index (κ3) is 4.11. The Morgan fingerprint density at radius 3 is 2.67 bits per heavy atom. The second-order valence-electron chi connectivity index (χ2n) is 10.9. The number of carbonyl (C=O) groups is 3. The minimum Gasteiger partial charge on any atom is -0.496 e. The van der Waals surface area contributed by atoms with Gasteiger partial charge in [-0.15, -0.1) is 0 Å². The van der Waals surface area contributed by atoms with Gasteiger partial charge in [-0.3, -0.25) is 14.4 Å². The highest BCUT2D eigenvalue weighted by Crippen LogP contribution is 2.48. The number of H-pyrrole nitrogens is 1. The molecule has 3 atom stereocenters. The van der Waals surface area contributed by atoms with Gasteiger partial charge in [-0.05, 0) is 42.2 Å². The Labute approximate surface area is 227 Å². The Morgan fingerprint density at radius 2 is 1.97 bits per heavy atom. The monoisotopic (exact) mass is 527 g/mol. The number of hydrogen-bond acceptors (Lipinski definition) is 5. The second kappa shape index (κ2) is 9.77. The molecule has 1 fully saturated rings. The number of rotatable bonds is 6. The molecule has 9 nitrogen and oxygen atoms in total. The third-order valence-corrected chi connectivity index (χ3v) is 8.13. The summed E-state index contributed by atoms with van der Waals surface area (Å²) in [6.45, 7) is 4.08. The van der Waals surface area contributed by atoms with Crippen LogP contribution in [0.15, 0.2) is 48.5 Å². The van der Waals surface area contributed by atoms with Crippen molar-refractivity contribution < 1.29 is 19.1 Å². The molecule has 1 N–H and O–H groups in total. The topological polar surface area (TPSA) is 110 Å². The predicted molar refractivity (Wildman–Crippen MR) is 147 cm³/mol. The number of hydrogen-bond donors (Lipinski definition) is 1. The summed E-state index contributed by atoms with van der Waals surface area (Å²) in [6.07, 6.45) is 0.639. The van der Waals surface area contributed by atoms with E-state index >= 15 is 0 Å². The molecule has 2 aliphatic rings. The van der Waals surface area contributed by atoms with Crippen molar-refractivity contribution in [1.82, 2.24) is 14.8 Å². The number of para-hydroxylation sites is 1. The number of carbonyl (C=O) groups excluding carboxylic acids is 3. The molecule has 39 heavy (non-hydrogen) atoms. The summed E-state index contributed by atoms with van der Waals surface area (Å²) in [5.74, 6) is -0.0237. The number of nitrogens with one attached hydrogen (secondary N) is 1. The van der Waals surface area contributed by atoms with Crippen molar-refractivity contribution in [2.24, 2.45) is 5.92 Å². The Bertz CT molecular complexity index is 1500. The van der Waals surface area contributed by atoms with Gasteiger partial charge in [-0.2, -0.15) is 5.26 Å². The maximum Gasteiger partial charge on any atom is 0.270 e. The zero-order valence-electron chi connectivity index (χ0n) is 22.9. The van der Waals surface area contributed by atoms with Crippen LogP contribution in [0.2, 0.25) is 0 Å². The summed E-state index contributed by atoms with van der Waals surface area (Å²) in [5.41, 5.74) is 1.76. The number of nitrogens with zero attached hydrogens (tertiary/aromatic N) is 4. The first-order valence-electron chi connectivity index (χ1n) is 13.1. The molecule has 3 aromatic rings. The number of nitriles is 1. The maximum atomic E-state index is 14.2. The van der Waals surface area contributed by atoms with Crippen molar-refractivity contribution in [3.63, 3.8) is 0 Å². The van der Waals surface area contributed by atoms with Crippen LogP contribution in [-0.2, 0) is 15.0 Å². The molecule has 3 amide bonds. The molecule has 1 unspecified atom stereocenters. The molecule has 2 aromatic carbocycles. The summed E-state index contributed by atoms with van der Waals surface area (Å²) in [4.78, 5) is 49.1. The first-order valence-corrected chi connectivity index (χ1v) is 13.1. The molecule has 2 aliphatic heterocycles. The average Bonchev–Trinajstić information content (AvgIpc) is 3.61. The first kappa shape index (κ1) is 26.3. The third-order valence-electron chi connectivity index (χ3n) is 8.13. The van der Waals surface area contributed by atoms with Crippen molar-refractivity contribution in [3.8, 4) is 11.8 Å².